The Morgan fingerprint density at radius 3 is 2.91 bits per heavy atom. The average Bonchev–Trinajstić information content (AvgIpc) is 2.01. The Morgan fingerprint density at radius 2 is 2.36 bits per heavy atom. The molecule has 0 bridgehead atoms. The van der Waals surface area contributed by atoms with Crippen molar-refractivity contribution in [3.05, 3.63) is 12.2 Å². The van der Waals surface area contributed by atoms with Crippen molar-refractivity contribution in [2.45, 2.75) is 13.0 Å². The van der Waals surface area contributed by atoms with Gasteiger partial charge in [0, 0.05) is 19.2 Å². The molecule has 3 heteroatoms. The van der Waals surface area contributed by atoms with Gasteiger partial charge in [0.25, 0.3) is 0 Å². The number of amides is 1. The monoisotopic (exact) mass is 150 g/mol. The lowest BCUT2D eigenvalue weighted by molar-refractivity contribution is -0.127. The van der Waals surface area contributed by atoms with Crippen molar-refractivity contribution in [1.29, 1.82) is 5.26 Å². The van der Waals surface area contributed by atoms with Crippen LogP contribution in [0.4, 0.5) is 0 Å². The van der Waals surface area contributed by atoms with Gasteiger partial charge in [-0.05, 0) is 6.92 Å². The summed E-state index contributed by atoms with van der Waals surface area (Å²) in [5.74, 6) is -0.179. The molecule has 1 heterocycles. The molecule has 0 aromatic carbocycles. The molecule has 1 aliphatic rings. The van der Waals surface area contributed by atoms with Crippen LogP contribution in [-0.2, 0) is 4.79 Å². The van der Waals surface area contributed by atoms with Crippen LogP contribution in [-0.4, -0.2) is 23.9 Å². The van der Waals surface area contributed by atoms with E-state index in [0.29, 0.717) is 0 Å². The summed E-state index contributed by atoms with van der Waals surface area (Å²) >= 11 is 0. The topological polar surface area (TPSA) is 44.1 Å². The number of carbonyl (C=O) groups excluding carboxylic acids is 1. The third-order valence-electron chi connectivity index (χ3n) is 2.07. The van der Waals surface area contributed by atoms with Crippen LogP contribution in [0.5, 0.6) is 0 Å². The highest BCUT2D eigenvalue weighted by Crippen LogP contribution is 2.15. The number of likely N-dealkylation sites (N-methyl/N-ethyl adjacent to an activating group) is 1. The van der Waals surface area contributed by atoms with E-state index in [2.05, 4.69) is 6.07 Å². The molecule has 2 unspecified atom stereocenters. The molecule has 3 nitrogen and oxygen atoms in total. The number of rotatable bonds is 0. The predicted octanol–water partition coefficient (Wildman–Crippen LogP) is 0.543. The second-order valence-electron chi connectivity index (χ2n) is 2.70. The standard InChI is InChI=1S/C8H10N2O/c1-6-7(5-9)3-4-8(11)10(6)2/h3-4,6-7H,1-2H3. The van der Waals surface area contributed by atoms with Crippen LogP contribution in [0.1, 0.15) is 6.92 Å². The summed E-state index contributed by atoms with van der Waals surface area (Å²) in [4.78, 5) is 12.6. The maximum absolute atomic E-state index is 11.0. The Bertz CT molecular complexity index is 239. The SMILES string of the molecule is CC1C(C#N)C=CC(=O)N1C. The minimum Gasteiger partial charge on any atom is -0.338 e. The first kappa shape index (κ1) is 7.80. The Kier molecular flexibility index (Phi) is 1.95. The van der Waals surface area contributed by atoms with E-state index in [4.69, 9.17) is 5.26 Å². The zero-order valence-corrected chi connectivity index (χ0v) is 6.61. The summed E-state index contributed by atoms with van der Waals surface area (Å²) in [6, 6.07) is 2.12. The minimum absolute atomic E-state index is 0.00231. The zero-order valence-electron chi connectivity index (χ0n) is 6.61. The molecule has 0 N–H and O–H groups in total. The molecule has 0 saturated carbocycles. The predicted molar refractivity (Wildman–Crippen MR) is 40.5 cm³/mol. The van der Waals surface area contributed by atoms with Crippen LogP contribution in [0.25, 0.3) is 0 Å². The Balaban J connectivity index is 2.86. The maximum Gasteiger partial charge on any atom is 0.246 e. The summed E-state index contributed by atoms with van der Waals surface area (Å²) in [6.07, 6.45) is 3.11. The molecule has 1 rings (SSSR count). The average molecular weight is 150 g/mol. The highest BCUT2D eigenvalue weighted by molar-refractivity contribution is 5.88. The van der Waals surface area contributed by atoms with Gasteiger partial charge in [-0.2, -0.15) is 5.26 Å². The van der Waals surface area contributed by atoms with Crippen molar-refractivity contribution in [2.75, 3.05) is 7.05 Å². The van der Waals surface area contributed by atoms with Gasteiger partial charge in [0.2, 0.25) is 5.91 Å². The number of carbonyl (C=O) groups is 1. The quantitative estimate of drug-likeness (QED) is 0.506. The van der Waals surface area contributed by atoms with Crippen molar-refractivity contribution in [3.63, 3.8) is 0 Å². The molecule has 0 radical (unpaired) electrons. The van der Waals surface area contributed by atoms with Crippen molar-refractivity contribution in [1.82, 2.24) is 4.90 Å². The number of nitrogens with zero attached hydrogens (tertiary/aromatic N) is 2. The van der Waals surface area contributed by atoms with Gasteiger partial charge in [0.05, 0.1) is 12.0 Å². The summed E-state index contributed by atoms with van der Waals surface area (Å²) in [5.41, 5.74) is 0. The minimum atomic E-state index is -0.155. The van der Waals surface area contributed by atoms with Crippen LogP contribution >= 0.6 is 0 Å². The molecule has 0 saturated heterocycles. The molecule has 0 aromatic rings. The van der Waals surface area contributed by atoms with Gasteiger partial charge in [0.1, 0.15) is 0 Å². The fraction of sp³-hybridized carbons (Fsp3) is 0.500. The van der Waals surface area contributed by atoms with Crippen molar-refractivity contribution in [2.24, 2.45) is 5.92 Å². The molecule has 1 aliphatic heterocycles. The second kappa shape index (κ2) is 2.75. The van der Waals surface area contributed by atoms with Gasteiger partial charge < -0.3 is 4.90 Å². The van der Waals surface area contributed by atoms with E-state index in [1.165, 1.54) is 6.08 Å². The highest BCUT2D eigenvalue weighted by atomic mass is 16.2. The summed E-state index contributed by atoms with van der Waals surface area (Å²) in [5, 5.41) is 8.63. The van der Waals surface area contributed by atoms with Gasteiger partial charge >= 0.3 is 0 Å². The summed E-state index contributed by atoms with van der Waals surface area (Å²) in [6.45, 7) is 1.87. The fourth-order valence-corrected chi connectivity index (χ4v) is 1.06. The van der Waals surface area contributed by atoms with Crippen molar-refractivity contribution >= 4 is 5.91 Å². The van der Waals surface area contributed by atoms with Crippen LogP contribution in [0, 0.1) is 17.2 Å². The molecule has 11 heavy (non-hydrogen) atoms. The number of nitriles is 1. The van der Waals surface area contributed by atoms with Crippen molar-refractivity contribution in [3.8, 4) is 6.07 Å². The molecular weight excluding hydrogens is 140 g/mol. The van der Waals surface area contributed by atoms with Crippen LogP contribution < -0.4 is 0 Å². The van der Waals surface area contributed by atoms with E-state index in [-0.39, 0.29) is 17.9 Å². The van der Waals surface area contributed by atoms with Gasteiger partial charge in [-0.25, -0.2) is 0 Å². The van der Waals surface area contributed by atoms with E-state index in [1.807, 2.05) is 6.92 Å². The lowest BCUT2D eigenvalue weighted by Crippen LogP contribution is -2.40. The highest BCUT2D eigenvalue weighted by Gasteiger charge is 2.25. The van der Waals surface area contributed by atoms with Gasteiger partial charge in [-0.1, -0.05) is 6.08 Å². The molecule has 0 fully saturated rings. The maximum atomic E-state index is 11.0. The van der Waals surface area contributed by atoms with Crippen LogP contribution in [0.2, 0.25) is 0 Å². The zero-order chi connectivity index (χ0) is 8.43. The first-order valence-electron chi connectivity index (χ1n) is 3.51. The summed E-state index contributed by atoms with van der Waals surface area (Å²) < 4.78 is 0. The Hall–Kier alpha value is -1.30. The number of hydrogen-bond acceptors (Lipinski definition) is 2. The summed E-state index contributed by atoms with van der Waals surface area (Å²) in [7, 11) is 1.71. The molecule has 58 valence electrons. The van der Waals surface area contributed by atoms with E-state index in [9.17, 15) is 4.79 Å². The fourth-order valence-electron chi connectivity index (χ4n) is 1.06. The Morgan fingerprint density at radius 1 is 1.73 bits per heavy atom. The van der Waals surface area contributed by atoms with E-state index in [0.717, 1.165) is 0 Å². The second-order valence-corrected chi connectivity index (χ2v) is 2.70. The molecule has 0 aliphatic carbocycles. The molecule has 0 spiro atoms. The smallest absolute Gasteiger partial charge is 0.246 e. The lowest BCUT2D eigenvalue weighted by atomic mass is 9.98. The van der Waals surface area contributed by atoms with Crippen LogP contribution in [0.3, 0.4) is 0 Å². The molecular formula is C8H10N2O. The first-order chi connectivity index (χ1) is 5.16. The van der Waals surface area contributed by atoms with Gasteiger partial charge in [-0.15, -0.1) is 0 Å². The third-order valence-corrected chi connectivity index (χ3v) is 2.07. The molecule has 2 atom stereocenters. The van der Waals surface area contributed by atoms with Gasteiger partial charge in [-0.3, -0.25) is 4.79 Å². The largest absolute Gasteiger partial charge is 0.338 e. The Labute approximate surface area is 65.9 Å². The van der Waals surface area contributed by atoms with E-state index >= 15 is 0 Å². The van der Waals surface area contributed by atoms with Gasteiger partial charge in [0.15, 0.2) is 0 Å². The first-order valence-corrected chi connectivity index (χ1v) is 3.51. The lowest BCUT2D eigenvalue weighted by Gasteiger charge is -2.29. The van der Waals surface area contributed by atoms with Crippen LogP contribution in [0.15, 0.2) is 12.2 Å². The molecule has 1 amide bonds. The third kappa shape index (κ3) is 1.25. The van der Waals surface area contributed by atoms with E-state index < -0.39 is 0 Å². The normalized spacial score (nSPS) is 30.3. The molecule has 0 aromatic heterocycles. The van der Waals surface area contributed by atoms with Crippen molar-refractivity contribution < 1.29 is 4.79 Å². The van der Waals surface area contributed by atoms with E-state index in [1.54, 1.807) is 18.0 Å². The number of hydrogen-bond donors (Lipinski definition) is 0.